The predicted octanol–water partition coefficient (Wildman–Crippen LogP) is 0.530. The van der Waals surface area contributed by atoms with Crippen LogP contribution in [-0.2, 0) is 14.3 Å². The molecule has 1 N–H and O–H groups in total. The molecule has 14 heavy (non-hydrogen) atoms. The molecule has 0 fully saturated rings. The highest BCUT2D eigenvalue weighted by molar-refractivity contribution is 5.98. The molecule has 0 rings (SSSR count). The van der Waals surface area contributed by atoms with Crippen LogP contribution in [0.5, 0.6) is 0 Å². The van der Waals surface area contributed by atoms with Crippen molar-refractivity contribution in [3.63, 3.8) is 0 Å². The van der Waals surface area contributed by atoms with Crippen LogP contribution in [0.1, 0.15) is 13.8 Å². The number of hydrogen-bond donors (Lipinski definition) is 1. The van der Waals surface area contributed by atoms with Crippen molar-refractivity contribution in [1.29, 1.82) is 0 Å². The lowest BCUT2D eigenvalue weighted by Crippen LogP contribution is -2.25. The minimum absolute atomic E-state index is 0.0492. The Hall–Kier alpha value is -1.16. The zero-order chi connectivity index (χ0) is 11.0. The van der Waals surface area contributed by atoms with Gasteiger partial charge in [0.2, 0.25) is 5.91 Å². The van der Waals surface area contributed by atoms with Gasteiger partial charge in [-0.05, 0) is 6.08 Å². The summed E-state index contributed by atoms with van der Waals surface area (Å²) in [5, 5.41) is 2.57. The quantitative estimate of drug-likeness (QED) is 0.501. The van der Waals surface area contributed by atoms with Crippen molar-refractivity contribution < 1.29 is 14.3 Å². The van der Waals surface area contributed by atoms with Gasteiger partial charge in [0.1, 0.15) is 0 Å². The number of methoxy groups -OCH3 is 1. The Labute approximate surface area is 84.3 Å². The largest absolute Gasteiger partial charge is 0.383 e. The molecule has 0 bridgehead atoms. The van der Waals surface area contributed by atoms with Gasteiger partial charge in [0.25, 0.3) is 0 Å². The van der Waals surface area contributed by atoms with Gasteiger partial charge in [-0.15, -0.1) is 0 Å². The summed E-state index contributed by atoms with van der Waals surface area (Å²) in [6.07, 6.45) is 2.55. The maximum absolute atomic E-state index is 11.1. The van der Waals surface area contributed by atoms with E-state index in [0.29, 0.717) is 13.2 Å². The molecule has 0 atom stereocenters. The van der Waals surface area contributed by atoms with Gasteiger partial charge in [-0.1, -0.05) is 13.8 Å². The molecule has 0 aromatic carbocycles. The summed E-state index contributed by atoms with van der Waals surface area (Å²) in [6.45, 7) is 4.50. The molecule has 0 aromatic heterocycles. The molecule has 0 saturated carbocycles. The maximum atomic E-state index is 11.1. The van der Waals surface area contributed by atoms with Crippen molar-refractivity contribution in [3.8, 4) is 0 Å². The molecule has 4 nitrogen and oxygen atoms in total. The molecule has 0 spiro atoms. The Morgan fingerprint density at radius 1 is 1.36 bits per heavy atom. The average Bonchev–Trinajstić information content (AvgIpc) is 2.14. The summed E-state index contributed by atoms with van der Waals surface area (Å²) in [5.41, 5.74) is 0. The summed E-state index contributed by atoms with van der Waals surface area (Å²) in [7, 11) is 1.56. The SMILES string of the molecule is COCCNC(=O)/C=C\C(=O)C(C)C. The lowest BCUT2D eigenvalue weighted by molar-refractivity contribution is -0.119. The third-order valence-corrected chi connectivity index (χ3v) is 1.57. The number of carbonyl (C=O) groups is 2. The third kappa shape index (κ3) is 6.37. The minimum Gasteiger partial charge on any atom is -0.383 e. The second-order valence-corrected chi connectivity index (χ2v) is 3.17. The first-order valence-electron chi connectivity index (χ1n) is 4.56. The normalized spacial score (nSPS) is 10.9. The van der Waals surface area contributed by atoms with Crippen LogP contribution in [0.4, 0.5) is 0 Å². The van der Waals surface area contributed by atoms with Gasteiger partial charge < -0.3 is 10.1 Å². The van der Waals surface area contributed by atoms with Gasteiger partial charge in [-0.3, -0.25) is 9.59 Å². The van der Waals surface area contributed by atoms with E-state index in [1.807, 2.05) is 0 Å². The van der Waals surface area contributed by atoms with Crippen LogP contribution in [0.3, 0.4) is 0 Å². The van der Waals surface area contributed by atoms with Crippen molar-refractivity contribution in [1.82, 2.24) is 5.32 Å². The molecule has 1 amide bonds. The van der Waals surface area contributed by atoms with Crippen LogP contribution in [0.15, 0.2) is 12.2 Å². The molecule has 0 heterocycles. The highest BCUT2D eigenvalue weighted by atomic mass is 16.5. The van der Waals surface area contributed by atoms with E-state index in [-0.39, 0.29) is 17.6 Å². The number of rotatable bonds is 6. The number of nitrogens with one attached hydrogen (secondary N) is 1. The lowest BCUT2D eigenvalue weighted by Gasteiger charge is -2.00. The second kappa shape index (κ2) is 7.26. The fourth-order valence-electron chi connectivity index (χ4n) is 0.685. The Balaban J connectivity index is 3.76. The van der Waals surface area contributed by atoms with Crippen molar-refractivity contribution in [2.24, 2.45) is 5.92 Å². The Morgan fingerprint density at radius 3 is 2.50 bits per heavy atom. The molecule has 0 aliphatic heterocycles. The predicted molar refractivity (Wildman–Crippen MR) is 53.9 cm³/mol. The van der Waals surface area contributed by atoms with Gasteiger partial charge in [0, 0.05) is 25.6 Å². The van der Waals surface area contributed by atoms with Crippen LogP contribution in [-0.4, -0.2) is 32.0 Å². The van der Waals surface area contributed by atoms with E-state index >= 15 is 0 Å². The van der Waals surface area contributed by atoms with Crippen LogP contribution in [0, 0.1) is 5.92 Å². The molecular weight excluding hydrogens is 182 g/mol. The van der Waals surface area contributed by atoms with E-state index in [9.17, 15) is 9.59 Å². The number of carbonyl (C=O) groups excluding carboxylic acids is 2. The second-order valence-electron chi connectivity index (χ2n) is 3.17. The van der Waals surface area contributed by atoms with Crippen LogP contribution >= 0.6 is 0 Å². The fourth-order valence-corrected chi connectivity index (χ4v) is 0.685. The van der Waals surface area contributed by atoms with E-state index in [1.54, 1.807) is 21.0 Å². The summed E-state index contributed by atoms with van der Waals surface area (Å²) in [6, 6.07) is 0. The first kappa shape index (κ1) is 12.8. The topological polar surface area (TPSA) is 55.4 Å². The average molecular weight is 199 g/mol. The van der Waals surface area contributed by atoms with E-state index in [1.165, 1.54) is 12.2 Å². The summed E-state index contributed by atoms with van der Waals surface area (Å²) in [4.78, 5) is 22.1. The van der Waals surface area contributed by atoms with Crippen molar-refractivity contribution >= 4 is 11.7 Å². The van der Waals surface area contributed by atoms with E-state index in [0.717, 1.165) is 0 Å². The third-order valence-electron chi connectivity index (χ3n) is 1.57. The van der Waals surface area contributed by atoms with Gasteiger partial charge in [-0.25, -0.2) is 0 Å². The molecule has 0 unspecified atom stereocenters. The molecule has 0 saturated heterocycles. The zero-order valence-electron chi connectivity index (χ0n) is 8.87. The molecule has 0 aliphatic carbocycles. The molecule has 0 radical (unpaired) electrons. The smallest absolute Gasteiger partial charge is 0.244 e. The van der Waals surface area contributed by atoms with E-state index in [4.69, 9.17) is 4.74 Å². The Kier molecular flexibility index (Phi) is 6.66. The number of ether oxygens (including phenoxy) is 1. The van der Waals surface area contributed by atoms with Gasteiger partial charge in [0.15, 0.2) is 5.78 Å². The molecule has 0 aliphatic rings. The molecular formula is C10H17NO3. The van der Waals surface area contributed by atoms with E-state index < -0.39 is 0 Å². The monoisotopic (exact) mass is 199 g/mol. The van der Waals surface area contributed by atoms with Crippen molar-refractivity contribution in [3.05, 3.63) is 12.2 Å². The van der Waals surface area contributed by atoms with Crippen LogP contribution in [0.25, 0.3) is 0 Å². The van der Waals surface area contributed by atoms with E-state index in [2.05, 4.69) is 5.32 Å². The van der Waals surface area contributed by atoms with Gasteiger partial charge in [-0.2, -0.15) is 0 Å². The maximum Gasteiger partial charge on any atom is 0.244 e. The fraction of sp³-hybridized carbons (Fsp3) is 0.600. The molecule has 0 aromatic rings. The summed E-state index contributed by atoms with van der Waals surface area (Å²) in [5.74, 6) is -0.388. The van der Waals surface area contributed by atoms with Crippen LogP contribution in [0.2, 0.25) is 0 Å². The first-order valence-corrected chi connectivity index (χ1v) is 4.56. The highest BCUT2D eigenvalue weighted by Gasteiger charge is 2.02. The van der Waals surface area contributed by atoms with Gasteiger partial charge in [0.05, 0.1) is 6.61 Å². The minimum atomic E-state index is -0.268. The number of allylic oxidation sites excluding steroid dienone is 1. The standard InChI is InChI=1S/C10H17NO3/c1-8(2)9(12)4-5-10(13)11-6-7-14-3/h4-5,8H,6-7H2,1-3H3,(H,11,13)/b5-4-. The highest BCUT2D eigenvalue weighted by Crippen LogP contribution is 1.94. The zero-order valence-corrected chi connectivity index (χ0v) is 8.87. The number of ketones is 1. The molecule has 4 heteroatoms. The van der Waals surface area contributed by atoms with Crippen LogP contribution < -0.4 is 5.32 Å². The molecule has 80 valence electrons. The summed E-state index contributed by atoms with van der Waals surface area (Å²) >= 11 is 0. The van der Waals surface area contributed by atoms with Gasteiger partial charge >= 0.3 is 0 Å². The Morgan fingerprint density at radius 2 is 2.00 bits per heavy atom. The summed E-state index contributed by atoms with van der Waals surface area (Å²) < 4.78 is 4.75. The Bertz CT molecular complexity index is 221. The first-order chi connectivity index (χ1) is 6.57. The number of amides is 1. The van der Waals surface area contributed by atoms with Crippen molar-refractivity contribution in [2.75, 3.05) is 20.3 Å². The van der Waals surface area contributed by atoms with Crippen molar-refractivity contribution in [2.45, 2.75) is 13.8 Å². The number of hydrogen-bond acceptors (Lipinski definition) is 3. The lowest BCUT2D eigenvalue weighted by atomic mass is 10.1.